The number of ether oxygens (including phenoxy) is 1. The molecule has 0 heterocycles. The zero-order valence-electron chi connectivity index (χ0n) is 24.2. The molecule has 0 aromatic heterocycles. The van der Waals surface area contributed by atoms with Crippen LogP contribution in [0.15, 0.2) is 0 Å². The lowest BCUT2D eigenvalue weighted by Crippen LogP contribution is -2.30. The van der Waals surface area contributed by atoms with Gasteiger partial charge in [0.2, 0.25) is 0 Å². The van der Waals surface area contributed by atoms with E-state index in [1.807, 2.05) is 20.8 Å². The van der Waals surface area contributed by atoms with Gasteiger partial charge in [-0.15, -0.1) is 0 Å². The standard InChI is InChI=1S/C24H46O4.C5H9NO4/c1-24(2,3)28-23(27)21-19-17-15-13-11-9-7-5-4-6-8-10-12-14-16-18-20-22(25)26;6-3(5(9)10)1-2-4(7)8/h4-21H2,1-3H3,(H,25,26);3H,1-2,6H2,(H,7,8)(H,9,10). The predicted octanol–water partition coefficient (Wildman–Crippen LogP) is 6.70. The second-order valence-electron chi connectivity index (χ2n) is 11.0. The van der Waals surface area contributed by atoms with Crippen LogP contribution < -0.4 is 5.73 Å². The fourth-order valence-electron chi connectivity index (χ4n) is 3.82. The maximum atomic E-state index is 11.6. The topological polar surface area (TPSA) is 164 Å². The van der Waals surface area contributed by atoms with E-state index in [2.05, 4.69) is 0 Å². The number of nitrogens with two attached hydrogens (primary N) is 1. The van der Waals surface area contributed by atoms with Crippen molar-refractivity contribution in [3.63, 3.8) is 0 Å². The first kappa shape index (κ1) is 38.0. The highest BCUT2D eigenvalue weighted by atomic mass is 16.6. The number of carbonyl (C=O) groups excluding carboxylic acids is 1. The quantitative estimate of drug-likeness (QED) is 0.0807. The molecule has 9 heteroatoms. The van der Waals surface area contributed by atoms with Crippen molar-refractivity contribution in [3.8, 4) is 0 Å². The molecule has 0 radical (unpaired) electrons. The van der Waals surface area contributed by atoms with Crippen molar-refractivity contribution in [1.82, 2.24) is 0 Å². The van der Waals surface area contributed by atoms with Gasteiger partial charge in [0.05, 0.1) is 0 Å². The van der Waals surface area contributed by atoms with Gasteiger partial charge in [-0.25, -0.2) is 0 Å². The summed E-state index contributed by atoms with van der Waals surface area (Å²) in [6, 6.07) is -1.06. The van der Waals surface area contributed by atoms with E-state index in [9.17, 15) is 19.2 Å². The molecular weight excluding hydrogens is 490 g/mol. The third-order valence-electron chi connectivity index (χ3n) is 5.93. The number of carboxylic acids is 3. The molecule has 0 saturated carbocycles. The van der Waals surface area contributed by atoms with Crippen molar-refractivity contribution in [2.45, 2.75) is 161 Å². The first-order valence-corrected chi connectivity index (χ1v) is 14.5. The minimum absolute atomic E-state index is 0.0231. The summed E-state index contributed by atoms with van der Waals surface area (Å²) in [6.45, 7) is 5.75. The van der Waals surface area contributed by atoms with Crippen molar-refractivity contribution in [2.75, 3.05) is 0 Å². The molecular formula is C29H55NO8. The SMILES string of the molecule is CC(C)(C)OC(=O)CCCCCCCCCCCCCCCCCCC(=O)O.NC(CCC(=O)O)C(=O)O. The molecule has 5 N–H and O–H groups in total. The van der Waals surface area contributed by atoms with E-state index in [0.29, 0.717) is 12.8 Å². The molecule has 0 amide bonds. The Morgan fingerprint density at radius 3 is 1.18 bits per heavy atom. The molecule has 224 valence electrons. The summed E-state index contributed by atoms with van der Waals surface area (Å²) < 4.78 is 5.32. The van der Waals surface area contributed by atoms with Crippen LogP contribution >= 0.6 is 0 Å². The molecule has 38 heavy (non-hydrogen) atoms. The van der Waals surface area contributed by atoms with E-state index in [-0.39, 0.29) is 24.4 Å². The van der Waals surface area contributed by atoms with Gasteiger partial charge in [-0.3, -0.25) is 19.2 Å². The average molecular weight is 546 g/mol. The Labute approximate surface area is 229 Å². The van der Waals surface area contributed by atoms with Gasteiger partial charge in [0.1, 0.15) is 11.6 Å². The minimum atomic E-state index is -1.17. The smallest absolute Gasteiger partial charge is 0.320 e. The summed E-state index contributed by atoms with van der Waals surface area (Å²) in [5.74, 6) is -2.93. The maximum Gasteiger partial charge on any atom is 0.320 e. The Morgan fingerprint density at radius 1 is 0.579 bits per heavy atom. The number of carboxylic acid groups (broad SMARTS) is 3. The second kappa shape index (κ2) is 25.1. The number of unbranched alkanes of at least 4 members (excludes halogenated alkanes) is 15. The summed E-state index contributed by atoms with van der Waals surface area (Å²) in [6.07, 6.45) is 20.3. The second-order valence-corrected chi connectivity index (χ2v) is 11.0. The van der Waals surface area contributed by atoms with Crippen LogP contribution in [0.4, 0.5) is 0 Å². The van der Waals surface area contributed by atoms with Crippen LogP contribution in [0.5, 0.6) is 0 Å². The molecule has 0 aromatic carbocycles. The minimum Gasteiger partial charge on any atom is -0.481 e. The van der Waals surface area contributed by atoms with Crippen LogP contribution in [-0.4, -0.2) is 50.8 Å². The largest absolute Gasteiger partial charge is 0.481 e. The molecule has 1 atom stereocenters. The molecule has 0 aliphatic rings. The number of rotatable bonds is 23. The number of hydrogen-bond donors (Lipinski definition) is 4. The van der Waals surface area contributed by atoms with E-state index >= 15 is 0 Å². The molecule has 0 aliphatic carbocycles. The Balaban J connectivity index is 0. The molecule has 0 saturated heterocycles. The van der Waals surface area contributed by atoms with Crippen LogP contribution in [-0.2, 0) is 23.9 Å². The molecule has 0 rings (SSSR count). The van der Waals surface area contributed by atoms with Gasteiger partial charge < -0.3 is 25.8 Å². The van der Waals surface area contributed by atoms with Crippen molar-refractivity contribution >= 4 is 23.9 Å². The van der Waals surface area contributed by atoms with Crippen molar-refractivity contribution in [2.24, 2.45) is 5.73 Å². The Bertz CT molecular complexity index is 631. The monoisotopic (exact) mass is 545 g/mol. The predicted molar refractivity (Wildman–Crippen MR) is 149 cm³/mol. The Hall–Kier alpha value is -2.16. The van der Waals surface area contributed by atoms with Crippen molar-refractivity contribution in [3.05, 3.63) is 0 Å². The molecule has 1 unspecified atom stereocenters. The van der Waals surface area contributed by atoms with E-state index in [0.717, 1.165) is 25.7 Å². The van der Waals surface area contributed by atoms with Crippen LogP contribution in [0, 0.1) is 0 Å². The van der Waals surface area contributed by atoms with Gasteiger partial charge in [-0.05, 0) is 40.0 Å². The number of carbonyl (C=O) groups is 4. The first-order valence-electron chi connectivity index (χ1n) is 14.5. The van der Waals surface area contributed by atoms with Crippen LogP contribution in [0.25, 0.3) is 0 Å². The number of hydrogen-bond acceptors (Lipinski definition) is 6. The molecule has 0 bridgehead atoms. The lowest BCUT2D eigenvalue weighted by atomic mass is 10.0. The van der Waals surface area contributed by atoms with E-state index in [1.165, 1.54) is 77.0 Å². The Morgan fingerprint density at radius 2 is 0.895 bits per heavy atom. The van der Waals surface area contributed by atoms with Crippen LogP contribution in [0.1, 0.15) is 149 Å². The Kier molecular flexibility index (Phi) is 25.1. The third kappa shape index (κ3) is 33.8. The number of aliphatic carboxylic acids is 3. The molecule has 0 fully saturated rings. The van der Waals surface area contributed by atoms with Crippen LogP contribution in [0.3, 0.4) is 0 Å². The highest BCUT2D eigenvalue weighted by Gasteiger charge is 2.15. The van der Waals surface area contributed by atoms with E-state index in [1.54, 1.807) is 0 Å². The van der Waals surface area contributed by atoms with Gasteiger partial charge in [0.25, 0.3) is 0 Å². The summed E-state index contributed by atoms with van der Waals surface area (Å²) in [4.78, 5) is 41.9. The van der Waals surface area contributed by atoms with Gasteiger partial charge in [0.15, 0.2) is 0 Å². The maximum absolute atomic E-state index is 11.6. The zero-order chi connectivity index (χ0) is 29.2. The van der Waals surface area contributed by atoms with Crippen LogP contribution in [0.2, 0.25) is 0 Å². The lowest BCUT2D eigenvalue weighted by molar-refractivity contribution is -0.155. The van der Waals surface area contributed by atoms with Gasteiger partial charge >= 0.3 is 23.9 Å². The number of esters is 1. The molecule has 9 nitrogen and oxygen atoms in total. The van der Waals surface area contributed by atoms with Crippen molar-refractivity contribution < 1.29 is 39.2 Å². The summed E-state index contributed by atoms with van der Waals surface area (Å²) in [5, 5.41) is 24.8. The average Bonchev–Trinajstić information content (AvgIpc) is 2.80. The summed E-state index contributed by atoms with van der Waals surface area (Å²) in [7, 11) is 0. The van der Waals surface area contributed by atoms with Gasteiger partial charge in [-0.1, -0.05) is 89.9 Å². The van der Waals surface area contributed by atoms with Gasteiger partial charge in [0, 0.05) is 19.3 Å². The fraction of sp³-hybridized carbons (Fsp3) is 0.862. The molecule has 0 aliphatic heterocycles. The van der Waals surface area contributed by atoms with Gasteiger partial charge in [-0.2, -0.15) is 0 Å². The highest BCUT2D eigenvalue weighted by Crippen LogP contribution is 2.15. The highest BCUT2D eigenvalue weighted by molar-refractivity contribution is 5.74. The van der Waals surface area contributed by atoms with Crippen molar-refractivity contribution in [1.29, 1.82) is 0 Å². The van der Waals surface area contributed by atoms with E-state index < -0.39 is 23.9 Å². The lowest BCUT2D eigenvalue weighted by Gasteiger charge is -2.19. The molecule has 0 spiro atoms. The van der Waals surface area contributed by atoms with E-state index in [4.69, 9.17) is 25.8 Å². The third-order valence-corrected chi connectivity index (χ3v) is 5.93. The molecule has 0 aromatic rings. The zero-order valence-corrected chi connectivity index (χ0v) is 24.2. The summed E-state index contributed by atoms with van der Waals surface area (Å²) in [5.41, 5.74) is 4.64. The summed E-state index contributed by atoms with van der Waals surface area (Å²) >= 11 is 0. The first-order chi connectivity index (χ1) is 17.8. The normalized spacial score (nSPS) is 11.8. The fourth-order valence-corrected chi connectivity index (χ4v) is 3.82.